The summed E-state index contributed by atoms with van der Waals surface area (Å²) in [5.74, 6) is 1.54. The summed E-state index contributed by atoms with van der Waals surface area (Å²) in [7, 11) is 0. The second-order valence-corrected chi connectivity index (χ2v) is 3.89. The molecule has 3 nitrogen and oxygen atoms in total. The zero-order valence-corrected chi connectivity index (χ0v) is 9.03. The minimum atomic E-state index is 0.733. The molecule has 14 heavy (non-hydrogen) atoms. The van der Waals surface area contributed by atoms with Crippen molar-refractivity contribution in [2.24, 2.45) is 5.92 Å². The maximum absolute atomic E-state index is 4.09. The Kier molecular flexibility index (Phi) is 4.97. The summed E-state index contributed by atoms with van der Waals surface area (Å²) in [6, 6.07) is 1.82. The summed E-state index contributed by atoms with van der Waals surface area (Å²) in [5, 5.41) is 3.20. The monoisotopic (exact) mass is 193 g/mol. The average Bonchev–Trinajstić information content (AvgIpc) is 2.18. The van der Waals surface area contributed by atoms with Crippen LogP contribution in [0.4, 0.5) is 5.95 Å². The first-order valence-corrected chi connectivity index (χ1v) is 5.30. The van der Waals surface area contributed by atoms with Crippen LogP contribution in [-0.4, -0.2) is 16.5 Å². The molecule has 0 amide bonds. The van der Waals surface area contributed by atoms with Gasteiger partial charge in [-0.3, -0.25) is 0 Å². The molecule has 1 rings (SSSR count). The summed E-state index contributed by atoms with van der Waals surface area (Å²) in [4.78, 5) is 8.18. The van der Waals surface area contributed by atoms with Crippen molar-refractivity contribution >= 4 is 5.95 Å². The standard InChI is InChI=1S/C11H19N3/c1-10(2)6-3-4-7-12-11-13-8-5-9-14-11/h5,8-10H,3-4,6-7H2,1-2H3,(H,12,13,14). The van der Waals surface area contributed by atoms with Crippen molar-refractivity contribution in [3.63, 3.8) is 0 Å². The summed E-state index contributed by atoms with van der Waals surface area (Å²) in [5.41, 5.74) is 0. The molecule has 0 spiro atoms. The number of rotatable bonds is 6. The third kappa shape index (κ3) is 4.80. The Labute approximate surface area is 86.0 Å². The van der Waals surface area contributed by atoms with E-state index in [1.165, 1.54) is 19.3 Å². The number of nitrogens with one attached hydrogen (secondary N) is 1. The predicted octanol–water partition coefficient (Wildman–Crippen LogP) is 2.71. The lowest BCUT2D eigenvalue weighted by atomic mass is 10.1. The SMILES string of the molecule is CC(C)CCCCNc1ncccn1. The van der Waals surface area contributed by atoms with E-state index in [0.29, 0.717) is 0 Å². The van der Waals surface area contributed by atoms with Gasteiger partial charge in [0.15, 0.2) is 0 Å². The fraction of sp³-hybridized carbons (Fsp3) is 0.636. The first kappa shape index (κ1) is 11.0. The van der Waals surface area contributed by atoms with Gasteiger partial charge in [0, 0.05) is 18.9 Å². The van der Waals surface area contributed by atoms with Gasteiger partial charge in [-0.1, -0.05) is 26.7 Å². The van der Waals surface area contributed by atoms with E-state index in [1.807, 2.05) is 6.07 Å². The zero-order valence-electron chi connectivity index (χ0n) is 9.03. The molecular formula is C11H19N3. The minimum absolute atomic E-state index is 0.733. The molecule has 1 aromatic heterocycles. The van der Waals surface area contributed by atoms with Gasteiger partial charge in [0.05, 0.1) is 0 Å². The van der Waals surface area contributed by atoms with Crippen LogP contribution in [0.25, 0.3) is 0 Å². The van der Waals surface area contributed by atoms with Crippen LogP contribution in [0.2, 0.25) is 0 Å². The van der Waals surface area contributed by atoms with E-state index in [-0.39, 0.29) is 0 Å². The van der Waals surface area contributed by atoms with Crippen LogP contribution < -0.4 is 5.32 Å². The number of nitrogens with zero attached hydrogens (tertiary/aromatic N) is 2. The van der Waals surface area contributed by atoms with Crippen LogP contribution in [0.5, 0.6) is 0 Å². The van der Waals surface area contributed by atoms with Gasteiger partial charge in [-0.2, -0.15) is 0 Å². The molecule has 0 aliphatic heterocycles. The highest BCUT2D eigenvalue weighted by Crippen LogP contribution is 2.06. The van der Waals surface area contributed by atoms with Crippen LogP contribution in [0.15, 0.2) is 18.5 Å². The highest BCUT2D eigenvalue weighted by atomic mass is 15.1. The largest absolute Gasteiger partial charge is 0.354 e. The Morgan fingerprint density at radius 2 is 1.93 bits per heavy atom. The predicted molar refractivity (Wildman–Crippen MR) is 59.2 cm³/mol. The highest BCUT2D eigenvalue weighted by Gasteiger charge is 1.95. The molecule has 0 aliphatic carbocycles. The van der Waals surface area contributed by atoms with Gasteiger partial charge in [-0.25, -0.2) is 9.97 Å². The lowest BCUT2D eigenvalue weighted by Gasteiger charge is -2.05. The van der Waals surface area contributed by atoms with E-state index < -0.39 is 0 Å². The van der Waals surface area contributed by atoms with E-state index in [2.05, 4.69) is 29.1 Å². The summed E-state index contributed by atoms with van der Waals surface area (Å²) in [6.07, 6.45) is 7.28. The molecule has 1 N–H and O–H groups in total. The Hall–Kier alpha value is -1.12. The molecule has 0 radical (unpaired) electrons. The average molecular weight is 193 g/mol. The number of hydrogen-bond acceptors (Lipinski definition) is 3. The van der Waals surface area contributed by atoms with Crippen molar-refractivity contribution < 1.29 is 0 Å². The molecule has 3 heteroatoms. The topological polar surface area (TPSA) is 37.8 Å². The van der Waals surface area contributed by atoms with Gasteiger partial charge in [-0.15, -0.1) is 0 Å². The van der Waals surface area contributed by atoms with Crippen LogP contribution in [0, 0.1) is 5.92 Å². The molecule has 0 atom stereocenters. The molecule has 0 saturated heterocycles. The van der Waals surface area contributed by atoms with Gasteiger partial charge in [-0.05, 0) is 18.4 Å². The minimum Gasteiger partial charge on any atom is -0.354 e. The molecule has 0 aromatic carbocycles. The Morgan fingerprint density at radius 3 is 2.57 bits per heavy atom. The Balaban J connectivity index is 2.05. The molecule has 1 heterocycles. The van der Waals surface area contributed by atoms with E-state index in [1.54, 1.807) is 12.4 Å². The third-order valence-electron chi connectivity index (χ3n) is 2.06. The second kappa shape index (κ2) is 6.35. The fourth-order valence-corrected chi connectivity index (χ4v) is 1.27. The number of aromatic nitrogens is 2. The van der Waals surface area contributed by atoms with Gasteiger partial charge < -0.3 is 5.32 Å². The second-order valence-electron chi connectivity index (χ2n) is 3.89. The molecule has 0 aliphatic rings. The van der Waals surface area contributed by atoms with Gasteiger partial charge in [0.1, 0.15) is 0 Å². The summed E-state index contributed by atoms with van der Waals surface area (Å²) >= 11 is 0. The number of unbranched alkanes of at least 4 members (excludes halogenated alkanes) is 1. The van der Waals surface area contributed by atoms with E-state index >= 15 is 0 Å². The summed E-state index contributed by atoms with van der Waals surface area (Å²) in [6.45, 7) is 5.48. The summed E-state index contributed by atoms with van der Waals surface area (Å²) < 4.78 is 0. The number of hydrogen-bond donors (Lipinski definition) is 1. The van der Waals surface area contributed by atoms with E-state index in [4.69, 9.17) is 0 Å². The van der Waals surface area contributed by atoms with Crippen LogP contribution in [0.3, 0.4) is 0 Å². The van der Waals surface area contributed by atoms with Crippen molar-refractivity contribution in [2.75, 3.05) is 11.9 Å². The van der Waals surface area contributed by atoms with Crippen molar-refractivity contribution in [2.45, 2.75) is 33.1 Å². The van der Waals surface area contributed by atoms with Crippen molar-refractivity contribution in [1.29, 1.82) is 0 Å². The number of anilines is 1. The maximum Gasteiger partial charge on any atom is 0.222 e. The molecule has 78 valence electrons. The first-order valence-electron chi connectivity index (χ1n) is 5.30. The van der Waals surface area contributed by atoms with Crippen LogP contribution in [0.1, 0.15) is 33.1 Å². The van der Waals surface area contributed by atoms with Gasteiger partial charge >= 0.3 is 0 Å². The van der Waals surface area contributed by atoms with Crippen LogP contribution >= 0.6 is 0 Å². The smallest absolute Gasteiger partial charge is 0.222 e. The fourth-order valence-electron chi connectivity index (χ4n) is 1.27. The Morgan fingerprint density at radius 1 is 1.21 bits per heavy atom. The molecular weight excluding hydrogens is 174 g/mol. The van der Waals surface area contributed by atoms with Crippen LogP contribution in [-0.2, 0) is 0 Å². The first-order chi connectivity index (χ1) is 6.79. The molecule has 0 saturated carbocycles. The molecule has 1 aromatic rings. The van der Waals surface area contributed by atoms with Gasteiger partial charge in [0.2, 0.25) is 5.95 Å². The maximum atomic E-state index is 4.09. The zero-order chi connectivity index (χ0) is 10.2. The molecule has 0 fully saturated rings. The quantitative estimate of drug-likeness (QED) is 0.706. The van der Waals surface area contributed by atoms with Crippen molar-refractivity contribution in [3.05, 3.63) is 18.5 Å². The Bertz CT molecular complexity index is 234. The van der Waals surface area contributed by atoms with Crippen molar-refractivity contribution in [3.8, 4) is 0 Å². The van der Waals surface area contributed by atoms with Gasteiger partial charge in [0.25, 0.3) is 0 Å². The van der Waals surface area contributed by atoms with Crippen molar-refractivity contribution in [1.82, 2.24) is 9.97 Å². The normalized spacial score (nSPS) is 10.5. The lowest BCUT2D eigenvalue weighted by molar-refractivity contribution is 0.544. The molecule has 0 bridgehead atoms. The molecule has 0 unspecified atom stereocenters. The highest BCUT2D eigenvalue weighted by molar-refractivity contribution is 5.21. The van der Waals surface area contributed by atoms with E-state index in [0.717, 1.165) is 18.4 Å². The van der Waals surface area contributed by atoms with E-state index in [9.17, 15) is 0 Å². The third-order valence-corrected chi connectivity index (χ3v) is 2.06. The lowest BCUT2D eigenvalue weighted by Crippen LogP contribution is -2.04.